The normalized spacial score (nSPS) is 18.3. The average molecular weight is 235 g/mol. The van der Waals surface area contributed by atoms with Gasteiger partial charge in [-0.1, -0.05) is 20.8 Å². The van der Waals surface area contributed by atoms with Crippen LogP contribution in [0.5, 0.6) is 0 Å². The standard InChI is InChI=1S/C13H21N3O/c1-13(2,3)10-8-11(17)16-12(15-10)9-4-6-14-7-5-9/h8-9,14H,4-7H2,1-3H3,(H,15,16,17). The maximum Gasteiger partial charge on any atom is 0.251 e. The number of aromatic nitrogens is 2. The van der Waals surface area contributed by atoms with Gasteiger partial charge in [0.1, 0.15) is 5.82 Å². The van der Waals surface area contributed by atoms with Crippen molar-refractivity contribution in [3.63, 3.8) is 0 Å². The van der Waals surface area contributed by atoms with Gasteiger partial charge in [-0.05, 0) is 25.9 Å². The summed E-state index contributed by atoms with van der Waals surface area (Å²) in [6.45, 7) is 8.27. The second-order valence-corrected chi connectivity index (χ2v) is 5.79. The predicted octanol–water partition coefficient (Wildman–Crippen LogP) is 1.53. The number of H-pyrrole nitrogens is 1. The molecule has 2 rings (SSSR count). The van der Waals surface area contributed by atoms with E-state index in [0.29, 0.717) is 5.92 Å². The molecule has 4 nitrogen and oxygen atoms in total. The molecule has 1 aromatic rings. The van der Waals surface area contributed by atoms with Crippen LogP contribution in [0.15, 0.2) is 10.9 Å². The minimum Gasteiger partial charge on any atom is -0.317 e. The van der Waals surface area contributed by atoms with Gasteiger partial charge in [0, 0.05) is 17.4 Å². The Morgan fingerprint density at radius 3 is 2.53 bits per heavy atom. The number of nitrogens with zero attached hydrogens (tertiary/aromatic N) is 1. The number of piperidine rings is 1. The van der Waals surface area contributed by atoms with Crippen LogP contribution in [0.4, 0.5) is 0 Å². The lowest BCUT2D eigenvalue weighted by Crippen LogP contribution is -2.29. The second-order valence-electron chi connectivity index (χ2n) is 5.79. The summed E-state index contributed by atoms with van der Waals surface area (Å²) in [4.78, 5) is 19.2. The van der Waals surface area contributed by atoms with Gasteiger partial charge in [0.2, 0.25) is 0 Å². The SMILES string of the molecule is CC(C)(C)c1cc(=O)[nH]c(C2CCNCC2)n1. The number of hydrogen-bond donors (Lipinski definition) is 2. The third-order valence-electron chi connectivity index (χ3n) is 3.25. The molecule has 0 unspecified atom stereocenters. The molecule has 1 aromatic heterocycles. The topological polar surface area (TPSA) is 57.8 Å². The monoisotopic (exact) mass is 235 g/mol. The van der Waals surface area contributed by atoms with Crippen molar-refractivity contribution in [2.24, 2.45) is 0 Å². The van der Waals surface area contributed by atoms with E-state index in [4.69, 9.17) is 0 Å². The van der Waals surface area contributed by atoms with E-state index in [1.165, 1.54) is 0 Å². The summed E-state index contributed by atoms with van der Waals surface area (Å²) >= 11 is 0. The van der Waals surface area contributed by atoms with Gasteiger partial charge in [0.25, 0.3) is 5.56 Å². The predicted molar refractivity (Wildman–Crippen MR) is 68.4 cm³/mol. The highest BCUT2D eigenvalue weighted by atomic mass is 16.1. The molecule has 1 fully saturated rings. The molecule has 94 valence electrons. The molecule has 0 bridgehead atoms. The van der Waals surface area contributed by atoms with Gasteiger partial charge in [-0.3, -0.25) is 4.79 Å². The van der Waals surface area contributed by atoms with Gasteiger partial charge in [-0.25, -0.2) is 4.98 Å². The first-order chi connectivity index (χ1) is 7.97. The minimum atomic E-state index is -0.0735. The molecule has 4 heteroatoms. The molecule has 0 saturated carbocycles. The van der Waals surface area contributed by atoms with Crippen molar-refractivity contribution in [1.29, 1.82) is 0 Å². The highest BCUT2D eigenvalue weighted by Gasteiger charge is 2.21. The van der Waals surface area contributed by atoms with Crippen LogP contribution in [0.3, 0.4) is 0 Å². The zero-order valence-corrected chi connectivity index (χ0v) is 10.8. The van der Waals surface area contributed by atoms with E-state index < -0.39 is 0 Å². The average Bonchev–Trinajstić information content (AvgIpc) is 2.28. The number of rotatable bonds is 1. The van der Waals surface area contributed by atoms with Crippen molar-refractivity contribution in [3.05, 3.63) is 27.9 Å². The van der Waals surface area contributed by atoms with E-state index in [0.717, 1.165) is 37.4 Å². The van der Waals surface area contributed by atoms with Crippen molar-refractivity contribution in [3.8, 4) is 0 Å². The maximum absolute atomic E-state index is 11.7. The Labute approximate surface area is 102 Å². The van der Waals surface area contributed by atoms with Crippen molar-refractivity contribution in [2.45, 2.75) is 44.9 Å². The molecule has 0 radical (unpaired) electrons. The van der Waals surface area contributed by atoms with Crippen molar-refractivity contribution in [1.82, 2.24) is 15.3 Å². The number of aromatic amines is 1. The highest BCUT2D eigenvalue weighted by molar-refractivity contribution is 5.14. The van der Waals surface area contributed by atoms with Crippen LogP contribution in [0.1, 0.15) is 51.0 Å². The molecule has 0 spiro atoms. The zero-order valence-electron chi connectivity index (χ0n) is 10.8. The fraction of sp³-hybridized carbons (Fsp3) is 0.692. The van der Waals surface area contributed by atoms with Crippen LogP contribution in [0, 0.1) is 0 Å². The largest absolute Gasteiger partial charge is 0.317 e. The van der Waals surface area contributed by atoms with E-state index in [-0.39, 0.29) is 11.0 Å². The van der Waals surface area contributed by atoms with Crippen molar-refractivity contribution >= 4 is 0 Å². The molecule has 1 aliphatic rings. The first-order valence-electron chi connectivity index (χ1n) is 6.29. The van der Waals surface area contributed by atoms with Crippen LogP contribution in [-0.4, -0.2) is 23.1 Å². The molecule has 17 heavy (non-hydrogen) atoms. The molecular formula is C13H21N3O. The third kappa shape index (κ3) is 2.94. The Morgan fingerprint density at radius 1 is 1.29 bits per heavy atom. The molecule has 0 atom stereocenters. The summed E-state index contributed by atoms with van der Waals surface area (Å²) < 4.78 is 0. The Morgan fingerprint density at radius 2 is 1.94 bits per heavy atom. The molecule has 1 aliphatic heterocycles. The van der Waals surface area contributed by atoms with Gasteiger partial charge in [-0.15, -0.1) is 0 Å². The zero-order chi connectivity index (χ0) is 12.5. The lowest BCUT2D eigenvalue weighted by atomic mass is 9.91. The van der Waals surface area contributed by atoms with E-state index >= 15 is 0 Å². The van der Waals surface area contributed by atoms with Crippen LogP contribution < -0.4 is 10.9 Å². The van der Waals surface area contributed by atoms with Gasteiger partial charge in [0.15, 0.2) is 0 Å². The highest BCUT2D eigenvalue weighted by Crippen LogP contribution is 2.24. The van der Waals surface area contributed by atoms with Crippen molar-refractivity contribution < 1.29 is 0 Å². The Balaban J connectivity index is 2.34. The van der Waals surface area contributed by atoms with E-state index in [9.17, 15) is 4.79 Å². The van der Waals surface area contributed by atoms with Crippen molar-refractivity contribution in [2.75, 3.05) is 13.1 Å². The molecule has 0 aliphatic carbocycles. The summed E-state index contributed by atoms with van der Waals surface area (Å²) in [6.07, 6.45) is 2.10. The summed E-state index contributed by atoms with van der Waals surface area (Å²) in [6, 6.07) is 1.62. The van der Waals surface area contributed by atoms with E-state index in [2.05, 4.69) is 36.1 Å². The molecular weight excluding hydrogens is 214 g/mol. The van der Waals surface area contributed by atoms with Gasteiger partial charge in [-0.2, -0.15) is 0 Å². The fourth-order valence-electron chi connectivity index (χ4n) is 2.15. The van der Waals surface area contributed by atoms with Crippen LogP contribution >= 0.6 is 0 Å². The quantitative estimate of drug-likeness (QED) is 0.776. The molecule has 0 aromatic carbocycles. The summed E-state index contributed by atoms with van der Waals surface area (Å²) in [7, 11) is 0. The molecule has 0 amide bonds. The summed E-state index contributed by atoms with van der Waals surface area (Å²) in [5.74, 6) is 1.26. The summed E-state index contributed by atoms with van der Waals surface area (Å²) in [5.41, 5.74) is 0.781. The lowest BCUT2D eigenvalue weighted by molar-refractivity contribution is 0.439. The van der Waals surface area contributed by atoms with Gasteiger partial charge < -0.3 is 10.3 Å². The van der Waals surface area contributed by atoms with E-state index in [1.54, 1.807) is 6.07 Å². The summed E-state index contributed by atoms with van der Waals surface area (Å²) in [5, 5.41) is 3.32. The Kier molecular flexibility index (Phi) is 3.33. The van der Waals surface area contributed by atoms with Crippen LogP contribution in [-0.2, 0) is 5.41 Å². The molecule has 2 N–H and O–H groups in total. The third-order valence-corrected chi connectivity index (χ3v) is 3.25. The molecule has 1 saturated heterocycles. The van der Waals surface area contributed by atoms with Crippen LogP contribution in [0.25, 0.3) is 0 Å². The Bertz CT molecular complexity index is 439. The van der Waals surface area contributed by atoms with Gasteiger partial charge in [0.05, 0.1) is 5.69 Å². The van der Waals surface area contributed by atoms with Gasteiger partial charge >= 0.3 is 0 Å². The second kappa shape index (κ2) is 4.61. The first-order valence-corrected chi connectivity index (χ1v) is 6.29. The number of hydrogen-bond acceptors (Lipinski definition) is 3. The number of nitrogens with one attached hydrogen (secondary N) is 2. The maximum atomic E-state index is 11.7. The smallest absolute Gasteiger partial charge is 0.251 e. The molecule has 2 heterocycles. The Hall–Kier alpha value is -1.16. The first kappa shape index (κ1) is 12.3. The van der Waals surface area contributed by atoms with E-state index in [1.807, 2.05) is 0 Å². The minimum absolute atomic E-state index is 0.0292. The fourth-order valence-corrected chi connectivity index (χ4v) is 2.15. The van der Waals surface area contributed by atoms with Crippen LogP contribution in [0.2, 0.25) is 0 Å². The lowest BCUT2D eigenvalue weighted by Gasteiger charge is -2.24.